The van der Waals surface area contributed by atoms with Gasteiger partial charge in [0.15, 0.2) is 0 Å². The molecular weight excluding hydrogens is 444 g/mol. The van der Waals surface area contributed by atoms with Crippen LogP contribution in [0.25, 0.3) is 39.5 Å². The van der Waals surface area contributed by atoms with Crippen LogP contribution in [-0.4, -0.2) is 19.3 Å². The summed E-state index contributed by atoms with van der Waals surface area (Å²) in [5.74, 6) is 0.697. The molecule has 0 radical (unpaired) electrons. The molecule has 5 nitrogen and oxygen atoms in total. The second-order valence-corrected chi connectivity index (χ2v) is 8.99. The second kappa shape index (κ2) is 8.12. The van der Waals surface area contributed by atoms with Gasteiger partial charge in [-0.2, -0.15) is 5.10 Å². The van der Waals surface area contributed by atoms with E-state index in [0.29, 0.717) is 28.3 Å². The summed E-state index contributed by atoms with van der Waals surface area (Å²) in [5.41, 5.74) is 6.70. The highest BCUT2D eigenvalue weighted by atomic mass is 35.5. The lowest BCUT2D eigenvalue weighted by Crippen LogP contribution is -2.20. The van der Waals surface area contributed by atoms with Gasteiger partial charge < -0.3 is 0 Å². The molecule has 0 fully saturated rings. The number of fused-ring (bicyclic) bond motifs is 2. The Bertz CT molecular complexity index is 1650. The summed E-state index contributed by atoms with van der Waals surface area (Å²) in [6, 6.07) is 23.6. The van der Waals surface area contributed by atoms with Gasteiger partial charge in [0, 0.05) is 28.9 Å². The molecule has 5 aromatic rings. The molecule has 6 rings (SSSR count). The third-order valence-electron chi connectivity index (χ3n) is 6.19. The lowest BCUT2D eigenvalue weighted by atomic mass is 10.0. The van der Waals surface area contributed by atoms with Crippen LogP contribution < -0.4 is 5.56 Å². The molecule has 0 unspecified atom stereocenters. The Morgan fingerprint density at radius 2 is 1.85 bits per heavy atom. The molecule has 0 saturated carbocycles. The standard InChI is InChI=1S/C28H21ClN4O/c1-18-6-5-7-19(14-18)26-21(17-33(31-26)23-8-3-2-4-9-23)15-20-12-13-32-27(20)30-25-16-22(29)10-11-24(25)28(32)34/h2-11,14-17H,12-13H2,1H3. The number of rotatable bonds is 3. The first-order chi connectivity index (χ1) is 16.6. The van der Waals surface area contributed by atoms with Gasteiger partial charge in [-0.25, -0.2) is 9.67 Å². The fraction of sp³-hybridized carbons (Fsp3) is 0.107. The molecule has 166 valence electrons. The first-order valence-electron chi connectivity index (χ1n) is 11.2. The molecule has 0 amide bonds. The largest absolute Gasteiger partial charge is 0.292 e. The van der Waals surface area contributed by atoms with Crippen molar-refractivity contribution in [3.8, 4) is 16.9 Å². The van der Waals surface area contributed by atoms with Gasteiger partial charge in [-0.15, -0.1) is 0 Å². The van der Waals surface area contributed by atoms with Crippen molar-refractivity contribution in [2.45, 2.75) is 19.9 Å². The fourth-order valence-electron chi connectivity index (χ4n) is 4.54. The van der Waals surface area contributed by atoms with Crippen molar-refractivity contribution in [1.29, 1.82) is 0 Å². The molecule has 1 aliphatic heterocycles. The van der Waals surface area contributed by atoms with E-state index in [9.17, 15) is 4.79 Å². The number of aryl methyl sites for hydroxylation is 1. The van der Waals surface area contributed by atoms with Gasteiger partial charge in [-0.05, 0) is 61.4 Å². The first-order valence-corrected chi connectivity index (χ1v) is 11.6. The maximum atomic E-state index is 13.1. The van der Waals surface area contributed by atoms with Crippen molar-refractivity contribution in [3.05, 3.63) is 111 Å². The van der Waals surface area contributed by atoms with Gasteiger partial charge in [0.1, 0.15) is 5.82 Å². The van der Waals surface area contributed by atoms with E-state index in [2.05, 4.69) is 31.2 Å². The highest BCUT2D eigenvalue weighted by Crippen LogP contribution is 2.32. The minimum absolute atomic E-state index is 0.0287. The smallest absolute Gasteiger partial charge is 0.261 e. The van der Waals surface area contributed by atoms with Crippen molar-refractivity contribution in [1.82, 2.24) is 19.3 Å². The van der Waals surface area contributed by atoms with Gasteiger partial charge in [0.25, 0.3) is 5.56 Å². The Morgan fingerprint density at radius 1 is 1.00 bits per heavy atom. The molecule has 2 aromatic heterocycles. The lowest BCUT2D eigenvalue weighted by Gasteiger charge is -2.06. The normalized spacial score (nSPS) is 14.1. The predicted octanol–water partition coefficient (Wildman–Crippen LogP) is 6.16. The molecule has 1 aliphatic rings. The molecule has 3 aromatic carbocycles. The molecule has 0 spiro atoms. The van der Waals surface area contributed by atoms with Crippen LogP contribution in [-0.2, 0) is 6.54 Å². The molecule has 0 atom stereocenters. The average Bonchev–Trinajstić information content (AvgIpc) is 3.45. The van der Waals surface area contributed by atoms with Crippen LogP contribution in [0.15, 0.2) is 83.8 Å². The summed E-state index contributed by atoms with van der Waals surface area (Å²) < 4.78 is 3.66. The summed E-state index contributed by atoms with van der Waals surface area (Å²) in [6.07, 6.45) is 4.89. The third-order valence-corrected chi connectivity index (χ3v) is 6.43. The van der Waals surface area contributed by atoms with Gasteiger partial charge in [-0.3, -0.25) is 9.36 Å². The predicted molar refractivity (Wildman–Crippen MR) is 137 cm³/mol. The zero-order valence-corrected chi connectivity index (χ0v) is 19.3. The number of halogens is 1. The van der Waals surface area contributed by atoms with Crippen molar-refractivity contribution >= 4 is 34.2 Å². The maximum Gasteiger partial charge on any atom is 0.261 e. The average molecular weight is 465 g/mol. The van der Waals surface area contributed by atoms with E-state index >= 15 is 0 Å². The van der Waals surface area contributed by atoms with E-state index in [1.807, 2.05) is 47.3 Å². The van der Waals surface area contributed by atoms with E-state index in [0.717, 1.165) is 34.5 Å². The molecule has 0 aliphatic carbocycles. The Balaban J connectivity index is 1.54. The number of hydrogen-bond acceptors (Lipinski definition) is 3. The molecule has 0 saturated heterocycles. The van der Waals surface area contributed by atoms with Crippen LogP contribution >= 0.6 is 11.6 Å². The van der Waals surface area contributed by atoms with Gasteiger partial charge in [0.2, 0.25) is 0 Å². The van der Waals surface area contributed by atoms with Crippen molar-refractivity contribution in [2.24, 2.45) is 0 Å². The van der Waals surface area contributed by atoms with Crippen LogP contribution in [0.4, 0.5) is 0 Å². The SMILES string of the molecule is Cc1cccc(-c2nn(-c3ccccc3)cc2C=C2CCn3c2nc2cc(Cl)ccc2c3=O)c1. The number of benzene rings is 3. The van der Waals surface area contributed by atoms with Gasteiger partial charge >= 0.3 is 0 Å². The summed E-state index contributed by atoms with van der Waals surface area (Å²) in [7, 11) is 0. The van der Waals surface area contributed by atoms with Crippen LogP contribution in [0.2, 0.25) is 5.02 Å². The minimum atomic E-state index is -0.0287. The zero-order valence-electron chi connectivity index (χ0n) is 18.6. The van der Waals surface area contributed by atoms with E-state index in [1.54, 1.807) is 22.8 Å². The van der Waals surface area contributed by atoms with Crippen LogP contribution in [0.3, 0.4) is 0 Å². The van der Waals surface area contributed by atoms with Crippen molar-refractivity contribution in [3.63, 3.8) is 0 Å². The van der Waals surface area contributed by atoms with Crippen molar-refractivity contribution < 1.29 is 0 Å². The molecule has 34 heavy (non-hydrogen) atoms. The van der Waals surface area contributed by atoms with E-state index in [-0.39, 0.29) is 5.56 Å². The molecule has 6 heteroatoms. The van der Waals surface area contributed by atoms with Crippen LogP contribution in [0.5, 0.6) is 0 Å². The maximum absolute atomic E-state index is 13.1. The number of allylic oxidation sites excluding steroid dienone is 1. The van der Waals surface area contributed by atoms with E-state index in [1.165, 1.54) is 5.56 Å². The Morgan fingerprint density at radius 3 is 2.68 bits per heavy atom. The Kier molecular flexibility index (Phi) is 4.93. The monoisotopic (exact) mass is 464 g/mol. The Labute approximate surface area is 201 Å². The van der Waals surface area contributed by atoms with E-state index in [4.69, 9.17) is 21.7 Å². The highest BCUT2D eigenvalue weighted by Gasteiger charge is 2.22. The quantitative estimate of drug-likeness (QED) is 0.321. The molecule has 0 N–H and O–H groups in total. The molecule has 0 bridgehead atoms. The third kappa shape index (κ3) is 3.55. The molecular formula is C28H21ClN4O. The summed E-state index contributed by atoms with van der Waals surface area (Å²) in [5, 5.41) is 6.09. The number of aromatic nitrogens is 4. The van der Waals surface area contributed by atoms with Crippen LogP contribution in [0, 0.1) is 6.92 Å². The summed E-state index contributed by atoms with van der Waals surface area (Å²) in [4.78, 5) is 17.9. The van der Waals surface area contributed by atoms with Crippen molar-refractivity contribution in [2.75, 3.05) is 0 Å². The van der Waals surface area contributed by atoms with E-state index < -0.39 is 0 Å². The minimum Gasteiger partial charge on any atom is -0.292 e. The second-order valence-electron chi connectivity index (χ2n) is 8.56. The lowest BCUT2D eigenvalue weighted by molar-refractivity contribution is 0.725. The highest BCUT2D eigenvalue weighted by molar-refractivity contribution is 6.31. The summed E-state index contributed by atoms with van der Waals surface area (Å²) >= 11 is 6.18. The first kappa shape index (κ1) is 20.6. The Hall–Kier alpha value is -3.96. The fourth-order valence-corrected chi connectivity index (χ4v) is 4.70. The van der Waals surface area contributed by atoms with Gasteiger partial charge in [0.05, 0.1) is 22.3 Å². The molecule has 3 heterocycles. The summed E-state index contributed by atoms with van der Waals surface area (Å²) in [6.45, 7) is 2.69. The van der Waals surface area contributed by atoms with Gasteiger partial charge in [-0.1, -0.05) is 53.6 Å². The number of para-hydroxylation sites is 1. The van der Waals surface area contributed by atoms with Crippen LogP contribution in [0.1, 0.15) is 23.4 Å². The topological polar surface area (TPSA) is 52.7 Å². The number of nitrogens with zero attached hydrogens (tertiary/aromatic N) is 4. The number of hydrogen-bond donors (Lipinski definition) is 0. The zero-order chi connectivity index (χ0) is 23.2.